The van der Waals surface area contributed by atoms with E-state index in [2.05, 4.69) is 20.9 Å². The summed E-state index contributed by atoms with van der Waals surface area (Å²) in [6.07, 6.45) is 1.52. The molecule has 8 heteroatoms. The molecule has 0 bridgehead atoms. The van der Waals surface area contributed by atoms with Crippen LogP contribution in [0.1, 0.15) is 27.8 Å². The van der Waals surface area contributed by atoms with E-state index >= 15 is 0 Å². The minimum atomic E-state index is -1.06. The summed E-state index contributed by atoms with van der Waals surface area (Å²) < 4.78 is 0. The number of aromatic nitrogens is 1. The third-order valence-electron chi connectivity index (χ3n) is 5.61. The van der Waals surface area contributed by atoms with Gasteiger partial charge in [0.15, 0.2) is 5.78 Å². The minimum Gasteiger partial charge on any atom is -0.354 e. The molecule has 4 rings (SSSR count). The first-order valence-electron chi connectivity index (χ1n) is 9.36. The summed E-state index contributed by atoms with van der Waals surface area (Å²) in [7, 11) is 0. The minimum absolute atomic E-state index is 0.184. The van der Waals surface area contributed by atoms with Gasteiger partial charge in [-0.3, -0.25) is 24.2 Å². The summed E-state index contributed by atoms with van der Waals surface area (Å²) in [5.41, 5.74) is 0.130. The third-order valence-corrected chi connectivity index (χ3v) is 5.61. The lowest BCUT2D eigenvalue weighted by Gasteiger charge is -2.12. The molecule has 29 heavy (non-hydrogen) atoms. The molecule has 1 aliphatic heterocycles. The molecule has 3 atom stereocenters. The number of ketones is 1. The van der Waals surface area contributed by atoms with E-state index < -0.39 is 17.3 Å². The average molecular weight is 392 g/mol. The van der Waals surface area contributed by atoms with Gasteiger partial charge in [-0.05, 0) is 24.3 Å². The van der Waals surface area contributed by atoms with Crippen LogP contribution >= 0.6 is 0 Å². The Morgan fingerprint density at radius 2 is 1.79 bits per heavy atom. The van der Waals surface area contributed by atoms with Crippen LogP contribution in [0.4, 0.5) is 5.69 Å². The summed E-state index contributed by atoms with van der Waals surface area (Å²) in [6, 6.07) is 11.8. The Balaban J connectivity index is 1.36. The molecular weight excluding hydrogens is 372 g/mol. The van der Waals surface area contributed by atoms with E-state index in [1.54, 1.807) is 49.4 Å². The summed E-state index contributed by atoms with van der Waals surface area (Å²) >= 11 is 0. The molecule has 0 spiro atoms. The molecule has 3 amide bonds. The molecule has 8 nitrogen and oxygen atoms in total. The monoisotopic (exact) mass is 392 g/mol. The van der Waals surface area contributed by atoms with E-state index in [1.807, 2.05) is 0 Å². The van der Waals surface area contributed by atoms with Crippen molar-refractivity contribution in [3.63, 3.8) is 0 Å². The van der Waals surface area contributed by atoms with Crippen molar-refractivity contribution in [3.8, 4) is 0 Å². The van der Waals surface area contributed by atoms with Gasteiger partial charge in [0.25, 0.3) is 5.91 Å². The Bertz CT molecular complexity index is 1010. The maximum atomic E-state index is 13.0. The maximum Gasteiger partial charge on any atom is 0.269 e. The fraction of sp³-hybridized carbons (Fsp3) is 0.286. The molecule has 2 heterocycles. The number of hydrogen-bond donors (Lipinski definition) is 3. The average Bonchev–Trinajstić information content (AvgIpc) is 3.39. The lowest BCUT2D eigenvalue weighted by molar-refractivity contribution is -0.125. The zero-order valence-electron chi connectivity index (χ0n) is 15.8. The van der Waals surface area contributed by atoms with Crippen LogP contribution in [-0.2, 0) is 9.59 Å². The first kappa shape index (κ1) is 18.8. The van der Waals surface area contributed by atoms with Crippen molar-refractivity contribution >= 4 is 29.2 Å². The number of nitrogens with one attached hydrogen (secondary N) is 3. The second-order valence-electron chi connectivity index (χ2n) is 7.36. The summed E-state index contributed by atoms with van der Waals surface area (Å²) in [5, 5.41) is 8.13. The Kier molecular flexibility index (Phi) is 4.62. The van der Waals surface area contributed by atoms with E-state index in [1.165, 1.54) is 6.20 Å². The van der Waals surface area contributed by atoms with Gasteiger partial charge >= 0.3 is 0 Å². The molecule has 148 valence electrons. The highest BCUT2D eigenvalue weighted by Crippen LogP contribution is 2.62. The van der Waals surface area contributed by atoms with Gasteiger partial charge in [-0.1, -0.05) is 25.1 Å². The predicted octanol–water partition coefficient (Wildman–Crippen LogP) is 1.01. The summed E-state index contributed by atoms with van der Waals surface area (Å²) in [4.78, 5) is 54.1. The van der Waals surface area contributed by atoms with Crippen LogP contribution in [0.25, 0.3) is 0 Å². The van der Waals surface area contributed by atoms with E-state index in [-0.39, 0.29) is 42.3 Å². The number of Topliss-reactive ketones (excluding diaryl/α,β-unsaturated/α-hetero) is 1. The van der Waals surface area contributed by atoms with Crippen LogP contribution in [0.5, 0.6) is 0 Å². The molecule has 1 saturated carbocycles. The topological polar surface area (TPSA) is 117 Å². The third kappa shape index (κ3) is 3.16. The smallest absolute Gasteiger partial charge is 0.269 e. The van der Waals surface area contributed by atoms with Crippen molar-refractivity contribution in [1.82, 2.24) is 15.6 Å². The number of rotatable bonds is 5. The molecular formula is C21H20N4O4. The second-order valence-corrected chi connectivity index (χ2v) is 7.36. The molecule has 0 radical (unpaired) electrons. The van der Waals surface area contributed by atoms with Gasteiger partial charge in [-0.15, -0.1) is 0 Å². The number of fused-ring (bicyclic) bond motifs is 2. The highest BCUT2D eigenvalue weighted by atomic mass is 16.2. The zero-order chi connectivity index (χ0) is 20.6. The molecule has 1 aliphatic carbocycles. The number of para-hydroxylation sites is 1. The predicted molar refractivity (Wildman–Crippen MR) is 104 cm³/mol. The van der Waals surface area contributed by atoms with Gasteiger partial charge < -0.3 is 16.0 Å². The van der Waals surface area contributed by atoms with Gasteiger partial charge in [-0.2, -0.15) is 0 Å². The van der Waals surface area contributed by atoms with Crippen molar-refractivity contribution < 1.29 is 19.2 Å². The standard InChI is InChI=1S/C21H20N4O4/c1-21-15(16(21)20(29)25-13-7-3-2-6-12(13)17(21)26)19(28)24-11-10-23-18(27)14-8-4-5-9-22-14/h2-9,15-16H,10-11H2,1H3,(H,23,27)(H,24,28)(H,25,29)/t15-,16-,21+/m0/s1. The number of pyridine rings is 1. The summed E-state index contributed by atoms with van der Waals surface area (Å²) in [5.74, 6) is -2.67. The van der Waals surface area contributed by atoms with Crippen molar-refractivity contribution in [2.24, 2.45) is 17.3 Å². The highest BCUT2D eigenvalue weighted by molar-refractivity contribution is 6.19. The van der Waals surface area contributed by atoms with Crippen LogP contribution in [0.2, 0.25) is 0 Å². The number of nitrogens with zero attached hydrogens (tertiary/aromatic N) is 1. The Labute approximate surface area is 167 Å². The first-order valence-corrected chi connectivity index (χ1v) is 9.36. The molecule has 2 aromatic rings. The number of carbonyl (C=O) groups is 4. The summed E-state index contributed by atoms with van der Waals surface area (Å²) in [6.45, 7) is 2.05. The number of carbonyl (C=O) groups excluding carboxylic acids is 4. The number of anilines is 1. The lowest BCUT2D eigenvalue weighted by atomic mass is 9.92. The molecule has 1 aromatic carbocycles. The fourth-order valence-corrected chi connectivity index (χ4v) is 3.99. The Hall–Kier alpha value is -3.55. The molecule has 1 fully saturated rings. The number of benzene rings is 1. The Morgan fingerprint density at radius 3 is 2.55 bits per heavy atom. The van der Waals surface area contributed by atoms with Crippen molar-refractivity contribution in [1.29, 1.82) is 0 Å². The zero-order valence-corrected chi connectivity index (χ0v) is 15.8. The molecule has 1 aromatic heterocycles. The van der Waals surface area contributed by atoms with E-state index in [9.17, 15) is 19.2 Å². The fourth-order valence-electron chi connectivity index (χ4n) is 3.99. The van der Waals surface area contributed by atoms with Gasteiger partial charge in [0.05, 0.1) is 22.9 Å². The van der Waals surface area contributed by atoms with Crippen molar-refractivity contribution in [2.75, 3.05) is 18.4 Å². The van der Waals surface area contributed by atoms with Crippen molar-refractivity contribution in [2.45, 2.75) is 6.92 Å². The molecule has 0 saturated heterocycles. The first-order chi connectivity index (χ1) is 13.9. The largest absolute Gasteiger partial charge is 0.354 e. The lowest BCUT2D eigenvalue weighted by Crippen LogP contribution is -2.37. The van der Waals surface area contributed by atoms with Gasteiger partial charge in [0, 0.05) is 24.8 Å². The number of amides is 3. The Morgan fingerprint density at radius 1 is 1.07 bits per heavy atom. The van der Waals surface area contributed by atoms with Gasteiger partial charge in [0.2, 0.25) is 11.8 Å². The molecule has 0 unspecified atom stereocenters. The SMILES string of the molecule is C[C@]12C(=O)c3ccccc3NC(=O)[C@@H]1[C@H]2C(=O)NCCNC(=O)c1ccccn1. The van der Waals surface area contributed by atoms with Crippen LogP contribution in [0.3, 0.4) is 0 Å². The maximum absolute atomic E-state index is 13.0. The van der Waals surface area contributed by atoms with Gasteiger partial charge in [0.1, 0.15) is 5.69 Å². The van der Waals surface area contributed by atoms with Crippen LogP contribution < -0.4 is 16.0 Å². The van der Waals surface area contributed by atoms with E-state index in [0.717, 1.165) is 0 Å². The van der Waals surface area contributed by atoms with Crippen molar-refractivity contribution in [3.05, 3.63) is 59.9 Å². The van der Waals surface area contributed by atoms with Crippen LogP contribution in [0, 0.1) is 17.3 Å². The second kappa shape index (κ2) is 7.12. The number of hydrogen-bond acceptors (Lipinski definition) is 5. The highest BCUT2D eigenvalue weighted by Gasteiger charge is 2.73. The van der Waals surface area contributed by atoms with Gasteiger partial charge in [-0.25, -0.2) is 0 Å². The normalized spacial score (nSPS) is 24.4. The van der Waals surface area contributed by atoms with E-state index in [0.29, 0.717) is 11.3 Å². The quantitative estimate of drug-likeness (QED) is 0.657. The van der Waals surface area contributed by atoms with E-state index in [4.69, 9.17) is 0 Å². The van der Waals surface area contributed by atoms with Crippen LogP contribution in [-0.4, -0.2) is 41.6 Å². The molecule has 2 aliphatic rings. The molecule has 3 N–H and O–H groups in total. The van der Waals surface area contributed by atoms with Crippen LogP contribution in [0.15, 0.2) is 48.7 Å².